The van der Waals surface area contributed by atoms with E-state index in [0.717, 1.165) is 35.2 Å². The van der Waals surface area contributed by atoms with Crippen molar-refractivity contribution in [2.75, 3.05) is 23.0 Å². The molecular weight excluding hydrogens is 453 g/mol. The van der Waals surface area contributed by atoms with Gasteiger partial charge in [-0.1, -0.05) is 47.4 Å². The molecule has 0 atom stereocenters. The molecule has 31 heavy (non-hydrogen) atoms. The van der Waals surface area contributed by atoms with E-state index in [1.165, 1.54) is 12.1 Å². The molecule has 0 fully saturated rings. The highest BCUT2D eigenvalue weighted by atomic mass is 32.2. The van der Waals surface area contributed by atoms with Crippen molar-refractivity contribution >= 4 is 45.7 Å². The summed E-state index contributed by atoms with van der Waals surface area (Å²) in [6.07, 6.45) is -4.49. The van der Waals surface area contributed by atoms with Crippen LogP contribution in [0.3, 0.4) is 0 Å². The molecule has 0 spiro atoms. The summed E-state index contributed by atoms with van der Waals surface area (Å²) in [7, 11) is 0. The second kappa shape index (κ2) is 10.3. The number of para-hydroxylation sites is 1. The molecule has 12 heteroatoms. The Balaban J connectivity index is 1.44. The van der Waals surface area contributed by atoms with Crippen LogP contribution in [0, 0.1) is 0 Å². The maximum absolute atomic E-state index is 12.7. The Morgan fingerprint density at radius 1 is 1.00 bits per heavy atom. The van der Waals surface area contributed by atoms with Crippen molar-refractivity contribution in [3.05, 3.63) is 60.2 Å². The van der Waals surface area contributed by atoms with Crippen molar-refractivity contribution < 1.29 is 27.5 Å². The van der Waals surface area contributed by atoms with Crippen LogP contribution < -0.4 is 15.4 Å². The number of nitrogens with one attached hydrogen (secondary N) is 2. The first-order chi connectivity index (χ1) is 14.8. The van der Waals surface area contributed by atoms with Gasteiger partial charge in [-0.2, -0.15) is 13.2 Å². The fourth-order valence-corrected chi connectivity index (χ4v) is 3.81. The highest BCUT2D eigenvalue weighted by molar-refractivity contribution is 8.01. The minimum atomic E-state index is -4.49. The monoisotopic (exact) mass is 468 g/mol. The Bertz CT molecular complexity index is 1050. The summed E-state index contributed by atoms with van der Waals surface area (Å²) in [6.45, 7) is -0.203. The molecule has 0 saturated carbocycles. The number of rotatable bonds is 8. The van der Waals surface area contributed by atoms with Gasteiger partial charge in [0, 0.05) is 5.69 Å². The molecule has 1 aromatic heterocycles. The number of halogens is 3. The van der Waals surface area contributed by atoms with Gasteiger partial charge < -0.3 is 10.1 Å². The third-order valence-corrected chi connectivity index (χ3v) is 5.54. The molecular formula is C19H15F3N4O3S2. The van der Waals surface area contributed by atoms with Gasteiger partial charge in [-0.15, -0.1) is 10.2 Å². The number of alkyl halides is 3. The van der Waals surface area contributed by atoms with Gasteiger partial charge in [-0.3, -0.25) is 14.9 Å². The summed E-state index contributed by atoms with van der Waals surface area (Å²) in [4.78, 5) is 23.9. The number of aromatic nitrogens is 2. The minimum Gasteiger partial charge on any atom is -0.484 e. The van der Waals surface area contributed by atoms with Gasteiger partial charge in [0.25, 0.3) is 5.91 Å². The number of benzene rings is 2. The fraction of sp³-hybridized carbons (Fsp3) is 0.158. The predicted octanol–water partition coefficient (Wildman–Crippen LogP) is 4.31. The molecule has 3 rings (SSSR count). The van der Waals surface area contributed by atoms with E-state index in [4.69, 9.17) is 4.74 Å². The molecule has 162 valence electrons. The van der Waals surface area contributed by atoms with Crippen LogP contribution in [-0.2, 0) is 15.8 Å². The molecule has 7 nitrogen and oxygen atoms in total. The maximum Gasteiger partial charge on any atom is 0.416 e. The van der Waals surface area contributed by atoms with Crippen molar-refractivity contribution in [1.82, 2.24) is 10.2 Å². The van der Waals surface area contributed by atoms with Crippen molar-refractivity contribution in [2.45, 2.75) is 10.5 Å². The summed E-state index contributed by atoms with van der Waals surface area (Å²) in [6, 6.07) is 13.2. The minimum absolute atomic E-state index is 0.0454. The molecule has 0 bridgehead atoms. The van der Waals surface area contributed by atoms with E-state index in [-0.39, 0.29) is 23.2 Å². The zero-order valence-corrected chi connectivity index (χ0v) is 17.3. The van der Waals surface area contributed by atoms with Crippen molar-refractivity contribution in [3.63, 3.8) is 0 Å². The van der Waals surface area contributed by atoms with E-state index in [2.05, 4.69) is 20.8 Å². The first-order valence-electron chi connectivity index (χ1n) is 8.71. The molecule has 0 aliphatic carbocycles. The van der Waals surface area contributed by atoms with Gasteiger partial charge in [0.1, 0.15) is 5.75 Å². The highest BCUT2D eigenvalue weighted by Crippen LogP contribution is 2.31. The number of amides is 2. The first-order valence-corrected chi connectivity index (χ1v) is 10.5. The van der Waals surface area contributed by atoms with Crippen LogP contribution in [0.5, 0.6) is 5.75 Å². The van der Waals surface area contributed by atoms with Crippen LogP contribution >= 0.6 is 23.1 Å². The van der Waals surface area contributed by atoms with E-state index < -0.39 is 23.6 Å². The Hall–Kier alpha value is -3.12. The first kappa shape index (κ1) is 22.6. The van der Waals surface area contributed by atoms with Crippen molar-refractivity contribution in [1.29, 1.82) is 0 Å². The zero-order valence-electron chi connectivity index (χ0n) is 15.7. The van der Waals surface area contributed by atoms with E-state index >= 15 is 0 Å². The molecule has 0 aliphatic rings. The van der Waals surface area contributed by atoms with E-state index in [1.807, 2.05) is 6.07 Å². The van der Waals surface area contributed by atoms with Gasteiger partial charge in [0.15, 0.2) is 10.9 Å². The molecule has 2 N–H and O–H groups in total. The lowest BCUT2D eigenvalue weighted by molar-refractivity contribution is -0.137. The maximum atomic E-state index is 12.7. The summed E-state index contributed by atoms with van der Waals surface area (Å²) in [5.74, 6) is -0.450. The lowest BCUT2D eigenvalue weighted by Crippen LogP contribution is -2.20. The third-order valence-electron chi connectivity index (χ3n) is 3.57. The highest BCUT2D eigenvalue weighted by Gasteiger charge is 2.30. The van der Waals surface area contributed by atoms with Crippen LogP contribution in [0.25, 0.3) is 0 Å². The van der Waals surface area contributed by atoms with E-state index in [0.29, 0.717) is 10.1 Å². The topological polar surface area (TPSA) is 93.2 Å². The number of ether oxygens (including phenoxy) is 1. The molecule has 0 saturated heterocycles. The number of anilines is 2. The average Bonchev–Trinajstić information content (AvgIpc) is 3.18. The average molecular weight is 468 g/mol. The Morgan fingerprint density at radius 2 is 1.77 bits per heavy atom. The predicted molar refractivity (Wildman–Crippen MR) is 111 cm³/mol. The lowest BCUT2D eigenvalue weighted by atomic mass is 10.2. The van der Waals surface area contributed by atoms with Gasteiger partial charge >= 0.3 is 6.18 Å². The number of hydrogen-bond acceptors (Lipinski definition) is 7. The largest absolute Gasteiger partial charge is 0.484 e. The van der Waals surface area contributed by atoms with Crippen LogP contribution in [0.4, 0.5) is 24.0 Å². The van der Waals surface area contributed by atoms with Gasteiger partial charge in [-0.05, 0) is 30.3 Å². The molecule has 1 heterocycles. The molecule has 0 aliphatic heterocycles. The van der Waals surface area contributed by atoms with Crippen LogP contribution in [0.2, 0.25) is 0 Å². The Labute approximate surface area is 183 Å². The second-order valence-corrected chi connectivity index (χ2v) is 8.14. The Kier molecular flexibility index (Phi) is 7.47. The van der Waals surface area contributed by atoms with Crippen LogP contribution in [0.1, 0.15) is 5.56 Å². The van der Waals surface area contributed by atoms with Gasteiger partial charge in [0.2, 0.25) is 11.0 Å². The van der Waals surface area contributed by atoms with Crippen LogP contribution in [-0.4, -0.2) is 34.4 Å². The normalized spacial score (nSPS) is 11.1. The van der Waals surface area contributed by atoms with E-state index in [9.17, 15) is 22.8 Å². The summed E-state index contributed by atoms with van der Waals surface area (Å²) in [5.41, 5.74) is -0.803. The molecule has 2 amide bonds. The SMILES string of the molecule is O=C(CSc1nnc(NC(=O)COc2ccccc2)s1)Nc1cccc(C(F)(F)F)c1. The molecule has 2 aromatic carbocycles. The summed E-state index contributed by atoms with van der Waals surface area (Å²) < 4.78 is 43.9. The van der Waals surface area contributed by atoms with Gasteiger partial charge in [-0.25, -0.2) is 0 Å². The van der Waals surface area contributed by atoms with Crippen LogP contribution in [0.15, 0.2) is 58.9 Å². The smallest absolute Gasteiger partial charge is 0.416 e. The standard InChI is InChI=1S/C19H15F3N4O3S2/c20-19(21,22)12-5-4-6-13(9-12)23-16(28)11-30-18-26-25-17(31-18)24-15(27)10-29-14-7-2-1-3-8-14/h1-9H,10-11H2,(H,23,28)(H,24,25,27). The number of thioether (sulfide) groups is 1. The number of carbonyl (C=O) groups is 2. The number of hydrogen-bond donors (Lipinski definition) is 2. The molecule has 3 aromatic rings. The van der Waals surface area contributed by atoms with Crippen molar-refractivity contribution in [3.8, 4) is 5.75 Å². The molecule has 0 radical (unpaired) electrons. The zero-order chi connectivity index (χ0) is 22.3. The lowest BCUT2D eigenvalue weighted by Gasteiger charge is -2.09. The van der Waals surface area contributed by atoms with E-state index in [1.54, 1.807) is 24.3 Å². The number of carbonyl (C=O) groups excluding carboxylic acids is 2. The second-order valence-electron chi connectivity index (χ2n) is 5.94. The quantitative estimate of drug-likeness (QED) is 0.378. The fourth-order valence-electron chi connectivity index (χ4n) is 2.24. The van der Waals surface area contributed by atoms with Crippen molar-refractivity contribution in [2.24, 2.45) is 0 Å². The Morgan fingerprint density at radius 3 is 2.52 bits per heavy atom. The third kappa shape index (κ3) is 7.26. The van der Waals surface area contributed by atoms with Gasteiger partial charge in [0.05, 0.1) is 11.3 Å². The summed E-state index contributed by atoms with van der Waals surface area (Å²) in [5, 5.41) is 12.9. The molecule has 0 unspecified atom stereocenters. The number of nitrogens with zero attached hydrogens (tertiary/aromatic N) is 2. The summed E-state index contributed by atoms with van der Waals surface area (Å²) >= 11 is 2.11.